The number of rotatable bonds is 7. The summed E-state index contributed by atoms with van der Waals surface area (Å²) < 4.78 is 5.06. The Balaban J connectivity index is 2.57. The Morgan fingerprint density at radius 1 is 1.33 bits per heavy atom. The van der Waals surface area contributed by atoms with Crippen molar-refractivity contribution < 1.29 is 9.53 Å². The van der Waals surface area contributed by atoms with Gasteiger partial charge in [0.15, 0.2) is 0 Å². The highest BCUT2D eigenvalue weighted by atomic mass is 16.5. The minimum Gasteiger partial charge on any atom is -0.384 e. The molecule has 0 aliphatic rings. The third-order valence-electron chi connectivity index (χ3n) is 2.54. The van der Waals surface area contributed by atoms with Crippen LogP contribution >= 0.6 is 0 Å². The predicted octanol–water partition coefficient (Wildman–Crippen LogP) is 1.81. The van der Waals surface area contributed by atoms with Crippen molar-refractivity contribution in [1.82, 2.24) is 5.32 Å². The molecular weight excluding hydrogens is 228 g/mol. The van der Waals surface area contributed by atoms with Crippen molar-refractivity contribution in [3.63, 3.8) is 0 Å². The third kappa shape index (κ3) is 5.29. The second kappa shape index (κ2) is 7.84. The Bertz CT molecular complexity index is 378. The molecule has 4 nitrogen and oxygen atoms in total. The average molecular weight is 250 g/mol. The molecule has 0 aliphatic heterocycles. The molecule has 0 heterocycles. The fraction of sp³-hybridized carbons (Fsp3) is 0.500. The molecule has 1 rings (SSSR count). The number of methoxy groups -OCH3 is 1. The Morgan fingerprint density at radius 3 is 2.72 bits per heavy atom. The largest absolute Gasteiger partial charge is 0.384 e. The van der Waals surface area contributed by atoms with Gasteiger partial charge in [0.1, 0.15) is 0 Å². The number of carbonyl (C=O) groups is 1. The molecule has 0 bridgehead atoms. The molecule has 0 saturated heterocycles. The van der Waals surface area contributed by atoms with Crippen molar-refractivity contribution in [1.29, 1.82) is 0 Å². The number of carbonyl (C=O) groups excluding carboxylic acids is 1. The van der Waals surface area contributed by atoms with Crippen LogP contribution in [0.1, 0.15) is 19.4 Å². The summed E-state index contributed by atoms with van der Waals surface area (Å²) in [5.41, 5.74) is 1.96. The van der Waals surface area contributed by atoms with Crippen molar-refractivity contribution in [3.8, 4) is 0 Å². The highest BCUT2D eigenvalue weighted by molar-refractivity contribution is 5.93. The topological polar surface area (TPSA) is 50.4 Å². The molecule has 1 aromatic rings. The lowest BCUT2D eigenvalue weighted by atomic mass is 10.1. The molecule has 0 atom stereocenters. The van der Waals surface area contributed by atoms with Gasteiger partial charge in [-0.15, -0.1) is 0 Å². The maximum absolute atomic E-state index is 11.7. The summed E-state index contributed by atoms with van der Waals surface area (Å²) >= 11 is 0. The van der Waals surface area contributed by atoms with Crippen molar-refractivity contribution in [2.45, 2.75) is 26.3 Å². The van der Waals surface area contributed by atoms with E-state index in [1.54, 1.807) is 7.11 Å². The van der Waals surface area contributed by atoms with E-state index in [1.807, 2.05) is 38.1 Å². The number of anilines is 1. The molecule has 18 heavy (non-hydrogen) atoms. The highest BCUT2D eigenvalue weighted by Gasteiger charge is 2.06. The number of amides is 1. The second-order valence-electron chi connectivity index (χ2n) is 4.48. The van der Waals surface area contributed by atoms with Crippen molar-refractivity contribution in [2.75, 3.05) is 25.6 Å². The van der Waals surface area contributed by atoms with Crippen LogP contribution in [-0.4, -0.2) is 32.2 Å². The van der Waals surface area contributed by atoms with E-state index in [4.69, 9.17) is 4.74 Å². The van der Waals surface area contributed by atoms with E-state index in [1.165, 1.54) is 0 Å². The number of nitrogens with one attached hydrogen (secondary N) is 2. The molecule has 0 aliphatic carbocycles. The third-order valence-corrected chi connectivity index (χ3v) is 2.54. The Labute approximate surface area is 109 Å². The average Bonchev–Trinajstić information content (AvgIpc) is 2.35. The van der Waals surface area contributed by atoms with Gasteiger partial charge in [0.25, 0.3) is 0 Å². The van der Waals surface area contributed by atoms with Gasteiger partial charge in [-0.05, 0) is 18.1 Å². The van der Waals surface area contributed by atoms with Gasteiger partial charge in [0, 0.05) is 18.8 Å². The number of ether oxygens (including phenoxy) is 1. The monoisotopic (exact) mass is 250 g/mol. The van der Waals surface area contributed by atoms with Gasteiger partial charge in [-0.2, -0.15) is 0 Å². The molecule has 0 unspecified atom stereocenters. The molecule has 0 spiro atoms. The zero-order chi connectivity index (χ0) is 13.4. The fourth-order valence-corrected chi connectivity index (χ4v) is 1.56. The van der Waals surface area contributed by atoms with Crippen LogP contribution < -0.4 is 10.6 Å². The minimum absolute atomic E-state index is 0.0198. The van der Waals surface area contributed by atoms with E-state index in [9.17, 15) is 4.79 Å². The first-order valence-electron chi connectivity index (χ1n) is 6.23. The molecule has 2 N–H and O–H groups in total. The van der Waals surface area contributed by atoms with Crippen LogP contribution in [0.3, 0.4) is 0 Å². The zero-order valence-corrected chi connectivity index (χ0v) is 11.3. The van der Waals surface area contributed by atoms with E-state index in [2.05, 4.69) is 10.6 Å². The van der Waals surface area contributed by atoms with Crippen molar-refractivity contribution >= 4 is 11.6 Å². The fourth-order valence-electron chi connectivity index (χ4n) is 1.56. The van der Waals surface area contributed by atoms with E-state index in [0.717, 1.165) is 17.7 Å². The Kier molecular flexibility index (Phi) is 6.39. The second-order valence-corrected chi connectivity index (χ2v) is 4.48. The van der Waals surface area contributed by atoms with Crippen LogP contribution in [0.5, 0.6) is 0 Å². The summed E-state index contributed by atoms with van der Waals surface area (Å²) in [6.45, 7) is 5.01. The van der Waals surface area contributed by atoms with Gasteiger partial charge in [0.2, 0.25) is 5.91 Å². The molecule has 0 saturated carbocycles. The molecule has 0 aromatic heterocycles. The van der Waals surface area contributed by atoms with Crippen LogP contribution in [0.4, 0.5) is 5.69 Å². The van der Waals surface area contributed by atoms with E-state index in [0.29, 0.717) is 19.2 Å². The summed E-state index contributed by atoms with van der Waals surface area (Å²) in [6.07, 6.45) is 0.796. The quantitative estimate of drug-likeness (QED) is 0.776. The van der Waals surface area contributed by atoms with Crippen LogP contribution in [0, 0.1) is 0 Å². The summed E-state index contributed by atoms with van der Waals surface area (Å²) in [5, 5.41) is 6.01. The SMILES string of the molecule is COCCc1ccccc1NC(=O)CNC(C)C. The molecule has 0 fully saturated rings. The lowest BCUT2D eigenvalue weighted by Crippen LogP contribution is -2.32. The summed E-state index contributed by atoms with van der Waals surface area (Å²) in [5.74, 6) is -0.0198. The van der Waals surface area contributed by atoms with Crippen LogP contribution in [0.25, 0.3) is 0 Å². The highest BCUT2D eigenvalue weighted by Crippen LogP contribution is 2.15. The van der Waals surface area contributed by atoms with Gasteiger partial charge in [-0.25, -0.2) is 0 Å². The summed E-state index contributed by atoms with van der Waals surface area (Å²) in [4.78, 5) is 11.7. The standard InChI is InChI=1S/C14H22N2O2/c1-11(2)15-10-14(17)16-13-7-5-4-6-12(13)8-9-18-3/h4-7,11,15H,8-10H2,1-3H3,(H,16,17). The van der Waals surface area contributed by atoms with Gasteiger partial charge < -0.3 is 15.4 Å². The Hall–Kier alpha value is -1.39. The predicted molar refractivity (Wildman–Crippen MR) is 73.8 cm³/mol. The van der Waals surface area contributed by atoms with Crippen LogP contribution in [0.2, 0.25) is 0 Å². The zero-order valence-electron chi connectivity index (χ0n) is 11.3. The molecular formula is C14H22N2O2. The van der Waals surface area contributed by atoms with Gasteiger partial charge in [-0.1, -0.05) is 32.0 Å². The Morgan fingerprint density at radius 2 is 2.06 bits per heavy atom. The molecule has 0 radical (unpaired) electrons. The van der Waals surface area contributed by atoms with E-state index >= 15 is 0 Å². The smallest absolute Gasteiger partial charge is 0.238 e. The van der Waals surface area contributed by atoms with E-state index in [-0.39, 0.29) is 5.91 Å². The summed E-state index contributed by atoms with van der Waals surface area (Å²) in [6, 6.07) is 8.11. The van der Waals surface area contributed by atoms with Gasteiger partial charge in [-0.3, -0.25) is 4.79 Å². The summed E-state index contributed by atoms with van der Waals surface area (Å²) in [7, 11) is 1.67. The molecule has 4 heteroatoms. The van der Waals surface area contributed by atoms with Crippen molar-refractivity contribution in [2.24, 2.45) is 0 Å². The maximum Gasteiger partial charge on any atom is 0.238 e. The lowest BCUT2D eigenvalue weighted by molar-refractivity contribution is -0.115. The number of hydrogen-bond donors (Lipinski definition) is 2. The normalized spacial score (nSPS) is 10.7. The molecule has 100 valence electrons. The van der Waals surface area contributed by atoms with Crippen LogP contribution in [0.15, 0.2) is 24.3 Å². The molecule has 1 aromatic carbocycles. The number of benzene rings is 1. The number of hydrogen-bond acceptors (Lipinski definition) is 3. The van der Waals surface area contributed by atoms with E-state index < -0.39 is 0 Å². The van der Waals surface area contributed by atoms with Crippen molar-refractivity contribution in [3.05, 3.63) is 29.8 Å². The van der Waals surface area contributed by atoms with Crippen LogP contribution in [-0.2, 0) is 16.0 Å². The molecule has 1 amide bonds. The number of para-hydroxylation sites is 1. The first kappa shape index (κ1) is 14.7. The first-order valence-corrected chi connectivity index (χ1v) is 6.23. The maximum atomic E-state index is 11.7. The lowest BCUT2D eigenvalue weighted by Gasteiger charge is -2.12. The van der Waals surface area contributed by atoms with Gasteiger partial charge in [0.05, 0.1) is 13.2 Å². The first-order chi connectivity index (χ1) is 8.63. The van der Waals surface area contributed by atoms with Gasteiger partial charge >= 0.3 is 0 Å². The minimum atomic E-state index is -0.0198.